The normalized spacial score (nSPS) is 12.1. The van der Waals surface area contributed by atoms with Crippen molar-refractivity contribution in [2.24, 2.45) is 0 Å². The van der Waals surface area contributed by atoms with E-state index in [9.17, 15) is 0 Å². The Balaban J connectivity index is 0.000000642. The number of hydrogen-bond donors (Lipinski definition) is 0. The van der Waals surface area contributed by atoms with Crippen LogP contribution in [0.1, 0.15) is 203 Å². The summed E-state index contributed by atoms with van der Waals surface area (Å²) < 4.78 is 0. The molecule has 0 atom stereocenters. The molecule has 0 saturated carbocycles. The first-order chi connectivity index (χ1) is 15.5. The summed E-state index contributed by atoms with van der Waals surface area (Å²) in [6.45, 7) is 37.2. The maximum absolute atomic E-state index is 2.47. The molecule has 2 rings (SSSR count). The third-order valence-corrected chi connectivity index (χ3v) is 7.24. The van der Waals surface area contributed by atoms with Gasteiger partial charge in [-0.25, -0.2) is 0 Å². The first kappa shape index (κ1) is 35.3. The van der Waals surface area contributed by atoms with Crippen LogP contribution in [0.15, 0.2) is 12.1 Å². The molecule has 0 aliphatic carbocycles. The molecule has 0 aliphatic rings. The van der Waals surface area contributed by atoms with E-state index in [1.54, 1.807) is 44.5 Å². The second kappa shape index (κ2) is 15.0. The molecule has 0 unspecified atom stereocenters. The molecule has 0 bridgehead atoms. The maximum atomic E-state index is 2.47. The van der Waals surface area contributed by atoms with Crippen molar-refractivity contribution in [1.29, 1.82) is 0 Å². The quantitative estimate of drug-likeness (QED) is 0.208. The van der Waals surface area contributed by atoms with E-state index >= 15 is 0 Å². The number of hydrogen-bond acceptors (Lipinski definition) is 0. The van der Waals surface area contributed by atoms with Crippen LogP contribution in [-0.4, -0.2) is 48.9 Å². The van der Waals surface area contributed by atoms with Gasteiger partial charge in [-0.2, -0.15) is 56.6 Å². The minimum atomic E-state index is 0. The van der Waals surface area contributed by atoms with E-state index in [1.807, 2.05) is 0 Å². The SMILES string of the molecule is CC(C)c1c[c-](C(C)C)c(C(C)C)c1C(C)C.CC(C)c1c[c-](C(C)C)c(C(C)C)c1C(C)C.[Ba+2]. The van der Waals surface area contributed by atoms with E-state index in [2.05, 4.69) is 123 Å². The fourth-order valence-corrected chi connectivity index (χ4v) is 5.76. The third kappa shape index (κ3) is 8.64. The Labute approximate surface area is 261 Å². The molecule has 2 aromatic carbocycles. The topological polar surface area (TPSA) is 0 Å². The summed E-state index contributed by atoms with van der Waals surface area (Å²) in [5.41, 5.74) is 12.8. The Kier molecular flexibility index (Phi) is 15.1. The van der Waals surface area contributed by atoms with E-state index in [1.165, 1.54) is 0 Å². The fourth-order valence-electron chi connectivity index (χ4n) is 5.76. The molecular weight excluding hydrogens is 546 g/mol. The Morgan fingerprint density at radius 2 is 0.657 bits per heavy atom. The van der Waals surface area contributed by atoms with Gasteiger partial charge in [0.1, 0.15) is 0 Å². The minimum absolute atomic E-state index is 0. The summed E-state index contributed by atoms with van der Waals surface area (Å²) in [4.78, 5) is 0. The molecule has 35 heavy (non-hydrogen) atoms. The molecule has 0 radical (unpaired) electrons. The van der Waals surface area contributed by atoms with Gasteiger partial charge >= 0.3 is 48.9 Å². The van der Waals surface area contributed by atoms with Crippen LogP contribution >= 0.6 is 0 Å². The molecule has 0 nitrogen and oxygen atoms in total. The van der Waals surface area contributed by atoms with Crippen molar-refractivity contribution in [3.05, 3.63) is 56.6 Å². The van der Waals surface area contributed by atoms with Crippen LogP contribution in [0.4, 0.5) is 0 Å². The molecule has 0 saturated heterocycles. The largest absolute Gasteiger partial charge is 2.00 e. The van der Waals surface area contributed by atoms with Crippen LogP contribution in [-0.2, 0) is 0 Å². The summed E-state index contributed by atoms with van der Waals surface area (Å²) in [6.07, 6.45) is 0. The Morgan fingerprint density at radius 1 is 0.400 bits per heavy atom. The van der Waals surface area contributed by atoms with E-state index in [0.29, 0.717) is 47.3 Å². The van der Waals surface area contributed by atoms with Crippen molar-refractivity contribution < 1.29 is 0 Å². The van der Waals surface area contributed by atoms with Gasteiger partial charge in [-0.1, -0.05) is 146 Å². The van der Waals surface area contributed by atoms with Crippen molar-refractivity contribution in [1.82, 2.24) is 0 Å². The molecule has 0 amide bonds. The summed E-state index contributed by atoms with van der Waals surface area (Å²) in [5.74, 6) is 5.09. The van der Waals surface area contributed by atoms with Gasteiger partial charge in [0.15, 0.2) is 0 Å². The van der Waals surface area contributed by atoms with Gasteiger partial charge in [-0.15, -0.1) is 0 Å². The van der Waals surface area contributed by atoms with Crippen LogP contribution in [0, 0.1) is 0 Å². The first-order valence-electron chi connectivity index (χ1n) is 14.2. The van der Waals surface area contributed by atoms with Crippen LogP contribution < -0.4 is 0 Å². The molecule has 0 spiro atoms. The van der Waals surface area contributed by atoms with E-state index in [0.717, 1.165) is 0 Å². The average molecular weight is 604 g/mol. The Bertz CT molecular complexity index is 735. The molecule has 0 N–H and O–H groups in total. The standard InChI is InChI=1S/2C17H29.Ba/c2*1-10(2)14-9-15(11(3)4)17(13(7)8)16(14)12(5)6;/h2*9-13H,1-8H3;/q2*-1;+2. The molecule has 0 heterocycles. The van der Waals surface area contributed by atoms with Crippen LogP contribution in [0.2, 0.25) is 0 Å². The zero-order chi connectivity index (χ0) is 26.7. The van der Waals surface area contributed by atoms with Crippen molar-refractivity contribution in [2.75, 3.05) is 0 Å². The predicted octanol–water partition coefficient (Wildman–Crippen LogP) is 11.4. The van der Waals surface area contributed by atoms with Crippen molar-refractivity contribution >= 4 is 48.9 Å². The van der Waals surface area contributed by atoms with Crippen LogP contribution in [0.3, 0.4) is 0 Å². The fraction of sp³-hybridized carbons (Fsp3) is 0.706. The molecule has 1 heteroatoms. The summed E-state index contributed by atoms with van der Waals surface area (Å²) >= 11 is 0. The van der Waals surface area contributed by atoms with Gasteiger partial charge in [-0.05, 0) is 11.8 Å². The van der Waals surface area contributed by atoms with Gasteiger partial charge in [0, 0.05) is 0 Å². The molecule has 0 fully saturated rings. The Morgan fingerprint density at radius 3 is 0.800 bits per heavy atom. The molecule has 0 aromatic heterocycles. The Hall–Kier alpha value is 0.271. The molecule has 2 aromatic rings. The minimum Gasteiger partial charge on any atom is -0.192 e. The molecular formula is C34H58Ba. The van der Waals surface area contributed by atoms with Crippen LogP contribution in [0.25, 0.3) is 0 Å². The maximum Gasteiger partial charge on any atom is 2.00 e. The third-order valence-electron chi connectivity index (χ3n) is 7.24. The van der Waals surface area contributed by atoms with Gasteiger partial charge < -0.3 is 0 Å². The molecule has 196 valence electrons. The second-order valence-corrected chi connectivity index (χ2v) is 13.0. The summed E-state index contributed by atoms with van der Waals surface area (Å²) in [6, 6.07) is 4.94. The number of rotatable bonds is 8. The predicted molar refractivity (Wildman–Crippen MR) is 163 cm³/mol. The second-order valence-electron chi connectivity index (χ2n) is 13.0. The van der Waals surface area contributed by atoms with E-state index < -0.39 is 0 Å². The zero-order valence-corrected chi connectivity index (χ0v) is 30.9. The van der Waals surface area contributed by atoms with Gasteiger partial charge in [-0.3, -0.25) is 0 Å². The van der Waals surface area contributed by atoms with Crippen molar-refractivity contribution in [3.8, 4) is 0 Å². The summed E-state index contributed by atoms with van der Waals surface area (Å²) in [5, 5.41) is 0. The van der Waals surface area contributed by atoms with Gasteiger partial charge in [0.25, 0.3) is 0 Å². The van der Waals surface area contributed by atoms with Crippen LogP contribution in [0.5, 0.6) is 0 Å². The van der Waals surface area contributed by atoms with E-state index in [4.69, 9.17) is 0 Å². The van der Waals surface area contributed by atoms with E-state index in [-0.39, 0.29) is 48.9 Å². The molecule has 0 aliphatic heterocycles. The zero-order valence-electron chi connectivity index (χ0n) is 26.5. The average Bonchev–Trinajstić information content (AvgIpc) is 3.28. The van der Waals surface area contributed by atoms with Crippen molar-refractivity contribution in [2.45, 2.75) is 158 Å². The van der Waals surface area contributed by atoms with Gasteiger partial charge in [0.2, 0.25) is 0 Å². The summed E-state index contributed by atoms with van der Waals surface area (Å²) in [7, 11) is 0. The first-order valence-corrected chi connectivity index (χ1v) is 14.2. The smallest absolute Gasteiger partial charge is 0.192 e. The van der Waals surface area contributed by atoms with Crippen molar-refractivity contribution in [3.63, 3.8) is 0 Å². The monoisotopic (exact) mass is 604 g/mol. The van der Waals surface area contributed by atoms with Gasteiger partial charge in [0.05, 0.1) is 0 Å².